The number of pyridine rings is 1. The molecule has 0 bridgehead atoms. The van der Waals surface area contributed by atoms with Gasteiger partial charge in [-0.25, -0.2) is 9.97 Å². The zero-order chi connectivity index (χ0) is 24.7. The summed E-state index contributed by atoms with van der Waals surface area (Å²) in [5.74, 6) is 0.358. The number of anilines is 1. The molecule has 5 rings (SSSR count). The maximum absolute atomic E-state index is 13.8. The van der Waals surface area contributed by atoms with Crippen LogP contribution in [0.3, 0.4) is 0 Å². The summed E-state index contributed by atoms with van der Waals surface area (Å²) in [6, 6.07) is 15.2. The maximum atomic E-state index is 13.8. The van der Waals surface area contributed by atoms with Crippen molar-refractivity contribution in [3.63, 3.8) is 0 Å². The smallest absolute Gasteiger partial charge is 0.361 e. The van der Waals surface area contributed by atoms with E-state index >= 15 is 0 Å². The van der Waals surface area contributed by atoms with Gasteiger partial charge in [0.15, 0.2) is 0 Å². The molecule has 5 aromatic rings. The maximum Gasteiger partial charge on any atom is 0.417 e. The summed E-state index contributed by atoms with van der Waals surface area (Å²) in [4.78, 5) is 24.9. The number of hydrogen-bond donors (Lipinski definition) is 2. The lowest BCUT2D eigenvalue weighted by molar-refractivity contribution is -0.136. The normalized spacial score (nSPS) is 12.5. The summed E-state index contributed by atoms with van der Waals surface area (Å²) in [5, 5.41) is 12.9. The highest BCUT2D eigenvalue weighted by Gasteiger charge is 2.34. The van der Waals surface area contributed by atoms with E-state index < -0.39 is 28.7 Å². The highest BCUT2D eigenvalue weighted by molar-refractivity contribution is 5.92. The van der Waals surface area contributed by atoms with Crippen molar-refractivity contribution in [2.45, 2.75) is 19.1 Å². The summed E-state index contributed by atoms with van der Waals surface area (Å²) in [5.41, 5.74) is -0.122. The average Bonchev–Trinajstić information content (AvgIpc) is 3.28. The molecule has 2 aromatic carbocycles. The molecule has 0 unspecified atom stereocenters. The minimum atomic E-state index is -4.69. The van der Waals surface area contributed by atoms with Crippen LogP contribution >= 0.6 is 0 Å². The molecule has 0 aliphatic rings. The highest BCUT2D eigenvalue weighted by atomic mass is 19.4. The Bertz CT molecular complexity index is 1670. The van der Waals surface area contributed by atoms with Gasteiger partial charge >= 0.3 is 6.18 Å². The van der Waals surface area contributed by atoms with Gasteiger partial charge in [0.2, 0.25) is 0 Å². The number of aromatic amines is 1. The Hall–Kier alpha value is -4.65. The van der Waals surface area contributed by atoms with Gasteiger partial charge in [-0.15, -0.1) is 0 Å². The molecule has 0 aliphatic carbocycles. The second-order valence-electron chi connectivity index (χ2n) is 7.94. The molecule has 10 heteroatoms. The third kappa shape index (κ3) is 3.77. The van der Waals surface area contributed by atoms with Gasteiger partial charge in [-0.3, -0.25) is 9.36 Å². The molecule has 0 amide bonds. The van der Waals surface area contributed by atoms with E-state index in [-0.39, 0.29) is 5.39 Å². The van der Waals surface area contributed by atoms with Crippen LogP contribution in [0.25, 0.3) is 27.5 Å². The fourth-order valence-electron chi connectivity index (χ4n) is 4.22. The molecule has 174 valence electrons. The van der Waals surface area contributed by atoms with E-state index in [1.807, 2.05) is 0 Å². The lowest BCUT2D eigenvalue weighted by atomic mass is 10.0. The Labute approximate surface area is 196 Å². The predicted molar refractivity (Wildman–Crippen MR) is 125 cm³/mol. The number of fused-ring (bicyclic) bond motifs is 2. The number of alkyl halides is 3. The molecule has 0 aliphatic heterocycles. The van der Waals surface area contributed by atoms with E-state index in [2.05, 4.69) is 26.3 Å². The third-order valence-corrected chi connectivity index (χ3v) is 5.78. The van der Waals surface area contributed by atoms with Gasteiger partial charge in [0.05, 0.1) is 27.9 Å². The SMILES string of the molecule is C[C@H](Nc1ncnc2[nH]cc(C#N)c12)c1cc2cccc(C(F)(F)F)c2c(=O)n1-c1ccccc1. The van der Waals surface area contributed by atoms with Crippen LogP contribution < -0.4 is 10.9 Å². The largest absolute Gasteiger partial charge is 0.417 e. The molecule has 2 N–H and O–H groups in total. The first-order valence-corrected chi connectivity index (χ1v) is 10.6. The lowest BCUT2D eigenvalue weighted by Crippen LogP contribution is -2.27. The summed E-state index contributed by atoms with van der Waals surface area (Å²) in [7, 11) is 0. The van der Waals surface area contributed by atoms with Crippen LogP contribution in [0.15, 0.2) is 71.9 Å². The van der Waals surface area contributed by atoms with E-state index in [9.17, 15) is 23.2 Å². The van der Waals surface area contributed by atoms with E-state index in [4.69, 9.17) is 0 Å². The number of nitriles is 1. The average molecular weight is 474 g/mol. The van der Waals surface area contributed by atoms with Crippen LogP contribution in [0.4, 0.5) is 19.0 Å². The summed E-state index contributed by atoms with van der Waals surface area (Å²) in [6.45, 7) is 1.76. The minimum absolute atomic E-state index is 0.174. The fourth-order valence-corrected chi connectivity index (χ4v) is 4.22. The van der Waals surface area contributed by atoms with Gasteiger partial charge in [0, 0.05) is 17.6 Å². The first-order valence-electron chi connectivity index (χ1n) is 10.6. The van der Waals surface area contributed by atoms with Gasteiger partial charge in [0.25, 0.3) is 5.56 Å². The quantitative estimate of drug-likeness (QED) is 0.367. The minimum Gasteiger partial charge on any atom is -0.361 e. The topological polar surface area (TPSA) is 99.4 Å². The molecule has 7 nitrogen and oxygen atoms in total. The fraction of sp³-hybridized carbons (Fsp3) is 0.120. The predicted octanol–water partition coefficient (Wildman–Crippen LogP) is 5.33. The molecule has 35 heavy (non-hydrogen) atoms. The lowest BCUT2D eigenvalue weighted by Gasteiger charge is -2.22. The molecule has 0 radical (unpaired) electrons. The van der Waals surface area contributed by atoms with E-state index in [0.717, 1.165) is 6.07 Å². The number of aromatic nitrogens is 4. The molecule has 3 aromatic heterocycles. The monoisotopic (exact) mass is 474 g/mol. The molecule has 0 fully saturated rings. The molecule has 0 saturated carbocycles. The zero-order valence-electron chi connectivity index (χ0n) is 18.3. The number of rotatable bonds is 4. The standard InChI is InChI=1S/C25H17F3N6O/c1-14(33-23-21-16(11-29)12-30-22(21)31-13-32-23)19-10-15-6-5-9-18(25(26,27)28)20(15)24(35)34(19)17-7-3-2-4-8-17/h2-10,12-14H,1H3,(H2,30,31,32,33)/t14-/m0/s1. The van der Waals surface area contributed by atoms with Gasteiger partial charge in [-0.05, 0) is 36.6 Å². The van der Waals surface area contributed by atoms with Crippen molar-refractivity contribution in [3.05, 3.63) is 94.3 Å². The molecular weight excluding hydrogens is 457 g/mol. The summed E-state index contributed by atoms with van der Waals surface area (Å²) < 4.78 is 42.6. The Morgan fingerprint density at radius 1 is 1.09 bits per heavy atom. The van der Waals surface area contributed by atoms with Crippen molar-refractivity contribution in [2.75, 3.05) is 5.32 Å². The second-order valence-corrected chi connectivity index (χ2v) is 7.94. The van der Waals surface area contributed by atoms with Crippen LogP contribution in [0.5, 0.6) is 0 Å². The van der Waals surface area contributed by atoms with Gasteiger partial charge in [-0.2, -0.15) is 18.4 Å². The van der Waals surface area contributed by atoms with Crippen LogP contribution in [-0.4, -0.2) is 19.5 Å². The molecule has 0 spiro atoms. The zero-order valence-corrected chi connectivity index (χ0v) is 18.3. The summed E-state index contributed by atoms with van der Waals surface area (Å²) in [6.07, 6.45) is -1.84. The van der Waals surface area contributed by atoms with Gasteiger partial charge in [-0.1, -0.05) is 30.3 Å². The Kier molecular flexibility index (Phi) is 5.25. The number of nitrogens with zero attached hydrogens (tertiary/aromatic N) is 4. The number of nitrogens with one attached hydrogen (secondary N) is 2. The number of benzene rings is 2. The number of H-pyrrole nitrogens is 1. The van der Waals surface area contributed by atoms with Crippen LogP contribution in [-0.2, 0) is 6.18 Å². The number of halogens is 3. The highest BCUT2D eigenvalue weighted by Crippen LogP contribution is 2.35. The Balaban J connectivity index is 1.74. The van der Waals surface area contributed by atoms with Gasteiger partial charge in [0.1, 0.15) is 23.9 Å². The van der Waals surface area contributed by atoms with E-state index in [0.29, 0.717) is 33.8 Å². The van der Waals surface area contributed by atoms with Crippen molar-refractivity contribution >= 4 is 27.6 Å². The van der Waals surface area contributed by atoms with Gasteiger partial charge < -0.3 is 10.3 Å². The Morgan fingerprint density at radius 2 is 1.86 bits per heavy atom. The van der Waals surface area contributed by atoms with Crippen LogP contribution in [0.2, 0.25) is 0 Å². The van der Waals surface area contributed by atoms with Crippen molar-refractivity contribution in [1.29, 1.82) is 5.26 Å². The third-order valence-electron chi connectivity index (χ3n) is 5.78. The second kappa shape index (κ2) is 8.29. The van der Waals surface area contributed by atoms with Crippen molar-refractivity contribution in [2.24, 2.45) is 0 Å². The molecule has 3 heterocycles. The first-order chi connectivity index (χ1) is 16.8. The van der Waals surface area contributed by atoms with E-state index in [1.54, 1.807) is 43.3 Å². The summed E-state index contributed by atoms with van der Waals surface area (Å²) >= 11 is 0. The number of hydrogen-bond acceptors (Lipinski definition) is 5. The van der Waals surface area contributed by atoms with Crippen molar-refractivity contribution in [3.8, 4) is 11.8 Å². The van der Waals surface area contributed by atoms with Crippen molar-refractivity contribution < 1.29 is 13.2 Å². The molecular formula is C25H17F3N6O. The number of para-hydroxylation sites is 1. The first kappa shape index (κ1) is 22.2. The van der Waals surface area contributed by atoms with Crippen LogP contribution in [0.1, 0.15) is 29.8 Å². The Morgan fingerprint density at radius 3 is 2.57 bits per heavy atom. The van der Waals surface area contributed by atoms with Crippen molar-refractivity contribution in [1.82, 2.24) is 19.5 Å². The molecule has 1 atom stereocenters. The van der Waals surface area contributed by atoms with Crippen LogP contribution in [0, 0.1) is 11.3 Å². The van der Waals surface area contributed by atoms with E-state index in [1.165, 1.54) is 29.2 Å². The molecule has 0 saturated heterocycles.